The first-order valence-electron chi connectivity index (χ1n) is 3.22. The zero-order chi connectivity index (χ0) is 6.97. The number of rotatable bonds is 0. The molecule has 0 bridgehead atoms. The van der Waals surface area contributed by atoms with Crippen LogP contribution >= 0.6 is 0 Å². The molecule has 50 valence electrons. The van der Waals surface area contributed by atoms with Crippen molar-refractivity contribution in [3.8, 4) is 0 Å². The molecule has 0 aliphatic carbocycles. The van der Waals surface area contributed by atoms with E-state index in [2.05, 4.69) is 0 Å². The van der Waals surface area contributed by atoms with E-state index in [-0.39, 0.29) is 0 Å². The lowest BCUT2D eigenvalue weighted by atomic mass is 10.2. The number of benzene rings is 1. The largest absolute Gasteiger partial charge is 0.886 e. The standard InChI is InChI=1S/C6H7BNO2/c8-7-9-5-3-1-2-4-6(5)10-7/h1-4,7H,8H2/q+1. The second-order valence-electron chi connectivity index (χ2n) is 2.19. The van der Waals surface area contributed by atoms with Gasteiger partial charge in [-0.1, -0.05) is 12.1 Å². The Morgan fingerprint density at radius 2 is 1.60 bits per heavy atom. The van der Waals surface area contributed by atoms with Gasteiger partial charge in [0.25, 0.3) is 0 Å². The molecule has 0 radical (unpaired) electrons. The van der Waals surface area contributed by atoms with Gasteiger partial charge in [-0.05, 0) is 0 Å². The first kappa shape index (κ1) is 5.62. The molecule has 0 saturated heterocycles. The molecule has 0 fully saturated rings. The van der Waals surface area contributed by atoms with E-state index in [0.717, 1.165) is 10.9 Å². The Morgan fingerprint density at radius 3 is 2.10 bits per heavy atom. The number of hydrogen-bond donors (Lipinski definition) is 1. The Morgan fingerprint density at radius 1 is 1.10 bits per heavy atom. The summed E-state index contributed by atoms with van der Waals surface area (Å²) in [6.45, 7) is 0. The third-order valence-electron chi connectivity index (χ3n) is 1.44. The normalized spacial score (nSPS) is 15.7. The smallest absolute Gasteiger partial charge is 0.428 e. The van der Waals surface area contributed by atoms with E-state index < -0.39 is 7.25 Å². The summed E-state index contributed by atoms with van der Waals surface area (Å²) in [6.07, 6.45) is 0. The summed E-state index contributed by atoms with van der Waals surface area (Å²) in [5, 5.41) is 0. The van der Waals surface area contributed by atoms with Crippen LogP contribution in [0.15, 0.2) is 33.0 Å². The van der Waals surface area contributed by atoms with Crippen molar-refractivity contribution in [1.29, 1.82) is 0 Å². The van der Waals surface area contributed by atoms with E-state index in [1.165, 1.54) is 0 Å². The van der Waals surface area contributed by atoms with Crippen LogP contribution in [0.4, 0.5) is 0 Å². The third-order valence-corrected chi connectivity index (χ3v) is 1.44. The van der Waals surface area contributed by atoms with Gasteiger partial charge in [0.1, 0.15) is 0 Å². The molecular weight excluding hydrogens is 129 g/mol. The summed E-state index contributed by atoms with van der Waals surface area (Å²) in [7, 11) is -1.35. The fourth-order valence-corrected chi connectivity index (χ4v) is 1.02. The van der Waals surface area contributed by atoms with Crippen molar-refractivity contribution in [2.45, 2.75) is 0 Å². The lowest BCUT2D eigenvalue weighted by Crippen LogP contribution is -2.19. The van der Waals surface area contributed by atoms with Crippen molar-refractivity contribution in [2.75, 3.05) is 0 Å². The predicted molar refractivity (Wildman–Crippen MR) is 41.5 cm³/mol. The molecule has 0 aromatic heterocycles. The van der Waals surface area contributed by atoms with Crippen LogP contribution in [0.25, 0.3) is 0 Å². The van der Waals surface area contributed by atoms with Crippen molar-refractivity contribution in [1.82, 2.24) is 0 Å². The summed E-state index contributed by atoms with van der Waals surface area (Å²) in [5.41, 5.74) is 6.93. The maximum atomic E-state index is 5.42. The van der Waals surface area contributed by atoms with Crippen molar-refractivity contribution >= 4 is 7.25 Å². The van der Waals surface area contributed by atoms with Crippen LogP contribution in [0, 0.1) is 0 Å². The van der Waals surface area contributed by atoms with Crippen LogP contribution in [0.1, 0.15) is 0 Å². The van der Waals surface area contributed by atoms with Crippen molar-refractivity contribution < 1.29 is 0 Å². The maximum absolute atomic E-state index is 5.42. The molecule has 0 atom stereocenters. The highest BCUT2D eigenvalue weighted by molar-refractivity contribution is 6.60. The molecule has 0 saturated carbocycles. The van der Waals surface area contributed by atoms with E-state index >= 15 is 0 Å². The molecule has 1 aliphatic heterocycles. The summed E-state index contributed by atoms with van der Waals surface area (Å²) >= 11 is 0. The summed E-state index contributed by atoms with van der Waals surface area (Å²) in [4.78, 5) is 0. The molecule has 1 aromatic rings. The van der Waals surface area contributed by atoms with Gasteiger partial charge >= 0.3 is 18.1 Å². The van der Waals surface area contributed by atoms with Gasteiger partial charge in [0.15, 0.2) is 0 Å². The SMILES string of the molecule is N[BH-]1[O+]=c2ccccc2=[O+]1. The maximum Gasteiger partial charge on any atom is 0.886 e. The minimum atomic E-state index is -1.35. The average Bonchev–Trinajstić information content (AvgIpc) is 2.27. The van der Waals surface area contributed by atoms with E-state index in [9.17, 15) is 0 Å². The topological polar surface area (TPSA) is 48.6 Å². The Balaban J connectivity index is 2.83. The molecule has 3 nitrogen and oxygen atoms in total. The monoisotopic (exact) mass is 136 g/mol. The summed E-state index contributed by atoms with van der Waals surface area (Å²) in [6, 6.07) is 7.46. The van der Waals surface area contributed by atoms with E-state index in [1.807, 2.05) is 24.3 Å². The molecule has 10 heavy (non-hydrogen) atoms. The molecule has 1 aromatic carbocycles. The lowest BCUT2D eigenvalue weighted by Gasteiger charge is -1.70. The van der Waals surface area contributed by atoms with Gasteiger partial charge < -0.3 is 14.3 Å². The highest BCUT2D eigenvalue weighted by Crippen LogP contribution is 1.80. The Hall–Kier alpha value is -1.16. The Bertz CT molecular complexity index is 327. The average molecular weight is 136 g/mol. The number of fused-ring (bicyclic) bond motifs is 1. The van der Waals surface area contributed by atoms with Gasteiger partial charge in [-0.2, -0.15) is 0 Å². The third kappa shape index (κ3) is 0.734. The lowest BCUT2D eigenvalue weighted by molar-refractivity contribution is 1.48. The summed E-state index contributed by atoms with van der Waals surface area (Å²) in [5.74, 6) is 0. The number of nitrogens with two attached hydrogens (primary N) is 1. The second-order valence-corrected chi connectivity index (χ2v) is 2.19. The number of para-hydroxylation sites is 2. The van der Waals surface area contributed by atoms with Gasteiger partial charge in [0.2, 0.25) is 0 Å². The van der Waals surface area contributed by atoms with Gasteiger partial charge in [0, 0.05) is 12.1 Å². The molecule has 2 N–H and O–H groups in total. The van der Waals surface area contributed by atoms with Crippen LogP contribution < -0.4 is 16.5 Å². The van der Waals surface area contributed by atoms with Crippen LogP contribution in [0.5, 0.6) is 0 Å². The molecule has 0 spiro atoms. The zero-order valence-corrected chi connectivity index (χ0v) is 5.41. The second kappa shape index (κ2) is 1.92. The molecule has 1 aliphatic rings. The van der Waals surface area contributed by atoms with E-state index in [1.54, 1.807) is 0 Å². The van der Waals surface area contributed by atoms with E-state index in [4.69, 9.17) is 14.3 Å². The molecule has 2 rings (SSSR count). The van der Waals surface area contributed by atoms with Crippen molar-refractivity contribution in [3.63, 3.8) is 0 Å². The minimum absolute atomic E-state index is 0.755. The molecule has 1 heterocycles. The highest BCUT2D eigenvalue weighted by Gasteiger charge is 2.28. The number of hydrogen-bond acceptors (Lipinski definition) is 1. The van der Waals surface area contributed by atoms with Gasteiger partial charge in [-0.15, -0.1) is 0 Å². The highest BCUT2D eigenvalue weighted by atomic mass is 16.5. The predicted octanol–water partition coefficient (Wildman–Crippen LogP) is -1.39. The Kier molecular flexibility index (Phi) is 1.08. The molecule has 4 heteroatoms. The van der Waals surface area contributed by atoms with Crippen molar-refractivity contribution in [3.05, 3.63) is 43.8 Å². The molecule has 0 unspecified atom stereocenters. The quantitative estimate of drug-likeness (QED) is 0.266. The van der Waals surface area contributed by atoms with Gasteiger partial charge in [-0.25, -0.2) is 0 Å². The van der Waals surface area contributed by atoms with Crippen LogP contribution in [0.3, 0.4) is 0 Å². The molecular formula is C6H7BNO2+. The fraction of sp³-hybridized carbons (Fsp3) is 0. The van der Waals surface area contributed by atoms with Gasteiger partial charge in [0.05, 0.1) is 0 Å². The first-order valence-corrected chi connectivity index (χ1v) is 3.22. The van der Waals surface area contributed by atoms with Gasteiger partial charge in [-0.3, -0.25) is 0 Å². The van der Waals surface area contributed by atoms with Crippen LogP contribution in [-0.2, 0) is 0 Å². The van der Waals surface area contributed by atoms with E-state index in [0.29, 0.717) is 0 Å². The molecule has 0 amide bonds. The van der Waals surface area contributed by atoms with Crippen LogP contribution in [-0.4, -0.2) is 7.25 Å². The summed E-state index contributed by atoms with van der Waals surface area (Å²) < 4.78 is 10.3. The first-order chi connectivity index (χ1) is 4.86. The zero-order valence-electron chi connectivity index (χ0n) is 5.41. The minimum Gasteiger partial charge on any atom is -0.428 e. The van der Waals surface area contributed by atoms with Crippen LogP contribution in [0.2, 0.25) is 0 Å². The van der Waals surface area contributed by atoms with Crippen molar-refractivity contribution in [2.24, 2.45) is 5.64 Å². The fourth-order valence-electron chi connectivity index (χ4n) is 1.02. The Labute approximate surface area is 57.6 Å².